The summed E-state index contributed by atoms with van der Waals surface area (Å²) in [5, 5.41) is 19.0. The zero-order chi connectivity index (χ0) is 28.9. The van der Waals surface area contributed by atoms with E-state index in [0.717, 1.165) is 61.5 Å². The second-order valence-corrected chi connectivity index (χ2v) is 10.6. The fraction of sp³-hybridized carbons (Fsp3) is 0.538. The Balaban J connectivity index is 0.000000470. The normalized spacial score (nSPS) is 16.2. The number of anilines is 3. The summed E-state index contributed by atoms with van der Waals surface area (Å²) in [5.74, 6) is -1.81. The van der Waals surface area contributed by atoms with Crippen molar-refractivity contribution in [3.63, 3.8) is 0 Å². The lowest BCUT2D eigenvalue weighted by Crippen LogP contribution is -2.47. The van der Waals surface area contributed by atoms with Crippen LogP contribution in [0.2, 0.25) is 0 Å². The first-order valence-electron chi connectivity index (χ1n) is 13.3. The Morgan fingerprint density at radius 3 is 2.38 bits per heavy atom. The molecule has 0 radical (unpaired) electrons. The van der Waals surface area contributed by atoms with Gasteiger partial charge in [-0.1, -0.05) is 6.92 Å². The van der Waals surface area contributed by atoms with Crippen LogP contribution in [0.3, 0.4) is 0 Å². The van der Waals surface area contributed by atoms with E-state index in [-0.39, 0.29) is 0 Å². The van der Waals surface area contributed by atoms with Crippen molar-refractivity contribution in [3.05, 3.63) is 34.2 Å². The van der Waals surface area contributed by atoms with E-state index in [0.29, 0.717) is 5.65 Å². The van der Waals surface area contributed by atoms with Gasteiger partial charge in [-0.25, -0.2) is 14.8 Å². The maximum atomic E-state index is 10.6. The van der Waals surface area contributed by atoms with E-state index in [1.807, 2.05) is 0 Å². The lowest BCUT2D eigenvalue weighted by Gasteiger charge is -2.38. The average molecular weight is 628 g/mol. The number of carboxylic acid groups (broad SMARTS) is 1. The van der Waals surface area contributed by atoms with Crippen molar-refractivity contribution in [2.45, 2.75) is 39.3 Å². The lowest BCUT2D eigenvalue weighted by molar-refractivity contribution is -0.192. The van der Waals surface area contributed by atoms with E-state index in [1.165, 1.54) is 48.4 Å². The molecule has 4 heterocycles. The molecule has 3 aromatic rings. The van der Waals surface area contributed by atoms with E-state index in [2.05, 4.69) is 82.1 Å². The van der Waals surface area contributed by atoms with Crippen LogP contribution in [0.1, 0.15) is 30.9 Å². The number of benzene rings is 1. The molecule has 0 bridgehead atoms. The van der Waals surface area contributed by atoms with Gasteiger partial charge in [0.05, 0.1) is 5.39 Å². The van der Waals surface area contributed by atoms with Crippen LogP contribution in [0.5, 0.6) is 0 Å². The Kier molecular flexibility index (Phi) is 9.72. The predicted molar refractivity (Wildman–Crippen MR) is 152 cm³/mol. The number of alkyl halides is 3. The Bertz CT molecular complexity index is 1310. The number of halogens is 4. The van der Waals surface area contributed by atoms with Crippen LogP contribution in [0.15, 0.2) is 23.1 Å². The van der Waals surface area contributed by atoms with Crippen LogP contribution in [-0.2, 0) is 11.2 Å². The topological polar surface area (TPSA) is 114 Å². The third-order valence-corrected chi connectivity index (χ3v) is 7.81. The number of carboxylic acids is 1. The number of aliphatic carboxylic acids is 1. The van der Waals surface area contributed by atoms with Gasteiger partial charge in [0.1, 0.15) is 16.7 Å². The summed E-state index contributed by atoms with van der Waals surface area (Å²) in [6.45, 7) is 12.9. The number of H-pyrrole nitrogens is 1. The molecule has 5 rings (SSSR count). The zero-order valence-electron chi connectivity index (χ0n) is 22.6. The van der Waals surface area contributed by atoms with Crippen molar-refractivity contribution < 1.29 is 23.1 Å². The largest absolute Gasteiger partial charge is 0.490 e. The summed E-state index contributed by atoms with van der Waals surface area (Å²) < 4.78 is 32.6. The number of piperazine rings is 1. The predicted octanol–water partition coefficient (Wildman–Crippen LogP) is 4.45. The fourth-order valence-electron chi connectivity index (χ4n) is 5.03. The second-order valence-electron chi connectivity index (χ2n) is 9.83. The number of nitrogens with one attached hydrogen (secondary N) is 2. The minimum atomic E-state index is -5.08. The minimum Gasteiger partial charge on any atom is -0.475 e. The number of carbonyl (C=O) groups is 1. The quantitative estimate of drug-likeness (QED) is 0.350. The van der Waals surface area contributed by atoms with Crippen molar-refractivity contribution in [3.8, 4) is 0 Å². The Morgan fingerprint density at radius 2 is 1.75 bits per heavy atom. The van der Waals surface area contributed by atoms with E-state index in [9.17, 15) is 13.2 Å². The second kappa shape index (κ2) is 13.0. The molecular weight excluding hydrogens is 593 g/mol. The van der Waals surface area contributed by atoms with Gasteiger partial charge in [-0.15, -0.1) is 0 Å². The van der Waals surface area contributed by atoms with Crippen LogP contribution >= 0.6 is 15.9 Å². The van der Waals surface area contributed by atoms with Crippen molar-refractivity contribution in [2.75, 3.05) is 67.5 Å². The SMILES string of the molecule is CCc1cc(NCCN2CCCC2)c(C)c(N2CCN(c3ncnc4n[nH]c(Br)c34)CC2)c1.O=C(O)C(F)(F)F. The van der Waals surface area contributed by atoms with Crippen LogP contribution < -0.4 is 15.1 Å². The van der Waals surface area contributed by atoms with E-state index in [4.69, 9.17) is 9.90 Å². The van der Waals surface area contributed by atoms with Crippen LogP contribution in [0, 0.1) is 6.92 Å². The molecule has 10 nitrogen and oxygen atoms in total. The Labute approximate surface area is 239 Å². The molecular formula is C26H34BrF3N8O2. The van der Waals surface area contributed by atoms with Gasteiger partial charge < -0.3 is 25.1 Å². The number of aromatic nitrogens is 4. The summed E-state index contributed by atoms with van der Waals surface area (Å²) in [7, 11) is 0. The summed E-state index contributed by atoms with van der Waals surface area (Å²) >= 11 is 3.56. The molecule has 40 heavy (non-hydrogen) atoms. The highest BCUT2D eigenvalue weighted by Gasteiger charge is 2.38. The molecule has 2 aliphatic heterocycles. The van der Waals surface area contributed by atoms with E-state index >= 15 is 0 Å². The Morgan fingerprint density at radius 1 is 1.10 bits per heavy atom. The monoisotopic (exact) mass is 626 g/mol. The van der Waals surface area contributed by atoms with Crippen LogP contribution in [0.25, 0.3) is 11.0 Å². The van der Waals surface area contributed by atoms with Gasteiger partial charge in [0, 0.05) is 50.6 Å². The smallest absolute Gasteiger partial charge is 0.475 e. The first-order chi connectivity index (χ1) is 19.1. The third kappa shape index (κ3) is 7.14. The first-order valence-corrected chi connectivity index (χ1v) is 14.1. The standard InChI is InChI=1S/C24H33BrN8.C2HF3O2/c1-3-18-14-19(26-6-9-31-7-4-5-8-31)17(2)20(15-18)32-10-12-33(13-11-32)24-21-22(25)29-30-23(21)27-16-28-24;3-2(4,5)1(6)7/h14-16,26H,3-13H2,1-2H3,(H,27,28,29,30);(H,6,7). The molecule has 2 aromatic heterocycles. The Hall–Kier alpha value is -3.13. The molecule has 218 valence electrons. The number of rotatable bonds is 7. The molecule has 2 aliphatic rings. The molecule has 1 aromatic carbocycles. The van der Waals surface area contributed by atoms with E-state index in [1.54, 1.807) is 6.33 Å². The van der Waals surface area contributed by atoms with Crippen molar-refractivity contribution in [2.24, 2.45) is 0 Å². The van der Waals surface area contributed by atoms with Gasteiger partial charge in [-0.3, -0.25) is 5.10 Å². The molecule has 0 amide bonds. The van der Waals surface area contributed by atoms with Crippen LogP contribution in [-0.4, -0.2) is 94.7 Å². The maximum absolute atomic E-state index is 10.6. The van der Waals surface area contributed by atoms with Crippen LogP contribution in [0.4, 0.5) is 30.4 Å². The highest BCUT2D eigenvalue weighted by Crippen LogP contribution is 2.32. The number of aromatic amines is 1. The lowest BCUT2D eigenvalue weighted by atomic mass is 10.0. The number of likely N-dealkylation sites (tertiary alicyclic amines) is 1. The zero-order valence-corrected chi connectivity index (χ0v) is 24.1. The molecule has 0 unspecified atom stereocenters. The van der Waals surface area contributed by atoms with Gasteiger partial charge in [0.15, 0.2) is 5.65 Å². The van der Waals surface area contributed by atoms with Crippen molar-refractivity contribution >= 4 is 50.1 Å². The fourth-order valence-corrected chi connectivity index (χ4v) is 5.48. The van der Waals surface area contributed by atoms with Gasteiger partial charge in [0.25, 0.3) is 0 Å². The highest BCUT2D eigenvalue weighted by atomic mass is 79.9. The van der Waals surface area contributed by atoms with Crippen molar-refractivity contribution in [1.29, 1.82) is 0 Å². The number of hydrogen-bond acceptors (Lipinski definition) is 8. The van der Waals surface area contributed by atoms with Gasteiger partial charge in [-0.05, 0) is 78.5 Å². The molecule has 3 N–H and O–H groups in total. The minimum absolute atomic E-state index is 0.699. The highest BCUT2D eigenvalue weighted by molar-refractivity contribution is 9.10. The summed E-state index contributed by atoms with van der Waals surface area (Å²) in [5.41, 5.74) is 6.08. The summed E-state index contributed by atoms with van der Waals surface area (Å²) in [6, 6.07) is 4.72. The van der Waals surface area contributed by atoms with Crippen molar-refractivity contribution in [1.82, 2.24) is 25.1 Å². The third-order valence-electron chi connectivity index (χ3n) is 7.24. The molecule has 2 saturated heterocycles. The number of fused-ring (bicyclic) bond motifs is 1. The molecule has 0 spiro atoms. The average Bonchev–Trinajstić information content (AvgIpc) is 3.59. The molecule has 2 fully saturated rings. The maximum Gasteiger partial charge on any atom is 0.490 e. The van der Waals surface area contributed by atoms with Gasteiger partial charge >= 0.3 is 12.1 Å². The summed E-state index contributed by atoms with van der Waals surface area (Å²) in [6.07, 6.45) is 0.255. The number of aryl methyl sites for hydroxylation is 1. The molecule has 0 aliphatic carbocycles. The number of nitrogens with zero attached hydrogens (tertiary/aromatic N) is 6. The summed E-state index contributed by atoms with van der Waals surface area (Å²) in [4.78, 5) is 25.2. The first kappa shape index (κ1) is 29.8. The molecule has 14 heteroatoms. The van der Waals surface area contributed by atoms with Gasteiger partial charge in [-0.2, -0.15) is 18.3 Å². The molecule has 0 atom stereocenters. The van der Waals surface area contributed by atoms with E-state index < -0.39 is 12.1 Å². The van der Waals surface area contributed by atoms with Gasteiger partial charge in [0.2, 0.25) is 0 Å². The number of hydrogen-bond donors (Lipinski definition) is 3. The molecule has 0 saturated carbocycles.